The van der Waals surface area contributed by atoms with E-state index in [-0.39, 0.29) is 5.91 Å². The number of thioether (sulfide) groups is 1. The fourth-order valence-electron chi connectivity index (χ4n) is 4.24. The number of benzene rings is 2. The molecular weight excluding hydrogens is 446 g/mol. The zero-order chi connectivity index (χ0) is 23.2. The Morgan fingerprint density at radius 1 is 0.879 bits per heavy atom. The smallest absolute Gasteiger partial charge is 0.277 e. The summed E-state index contributed by atoms with van der Waals surface area (Å²) in [5, 5.41) is 1.69. The van der Waals surface area contributed by atoms with E-state index in [1.807, 2.05) is 41.3 Å². The maximum absolute atomic E-state index is 13.5. The van der Waals surface area contributed by atoms with Crippen molar-refractivity contribution in [3.05, 3.63) is 77.5 Å². The van der Waals surface area contributed by atoms with Crippen molar-refractivity contribution >= 4 is 46.4 Å². The number of fused-ring (bicyclic) bond motifs is 1. The van der Waals surface area contributed by atoms with Crippen LogP contribution in [0.15, 0.2) is 82.4 Å². The summed E-state index contributed by atoms with van der Waals surface area (Å²) in [5.41, 5.74) is 2.75. The Balaban J connectivity index is 1.61. The van der Waals surface area contributed by atoms with Crippen molar-refractivity contribution in [1.29, 1.82) is 0 Å². The molecule has 0 aromatic heterocycles. The number of thiocarbonyl (C=S) groups is 1. The topological polar surface area (TPSA) is 26.8 Å². The molecule has 0 spiro atoms. The molecule has 172 valence electrons. The Morgan fingerprint density at radius 2 is 1.61 bits per heavy atom. The van der Waals surface area contributed by atoms with Crippen molar-refractivity contribution < 1.29 is 4.79 Å². The first kappa shape index (κ1) is 23.6. The minimum Gasteiger partial charge on any atom is -0.335 e. The number of allylic oxidation sites excluding steroid dienone is 2. The molecule has 2 aliphatic rings. The van der Waals surface area contributed by atoms with Crippen molar-refractivity contribution in [2.75, 3.05) is 22.9 Å². The van der Waals surface area contributed by atoms with E-state index < -0.39 is 0 Å². The van der Waals surface area contributed by atoms with Crippen LogP contribution in [-0.4, -0.2) is 29.0 Å². The summed E-state index contributed by atoms with van der Waals surface area (Å²) in [4.78, 5) is 20.7. The minimum absolute atomic E-state index is 0.0141. The number of hydrogen-bond donors (Lipinski definition) is 0. The molecule has 6 heteroatoms. The fraction of sp³-hybridized carbons (Fsp3) is 0.333. The third-order valence-corrected chi connectivity index (χ3v) is 7.50. The molecule has 0 saturated carbocycles. The van der Waals surface area contributed by atoms with Gasteiger partial charge in [-0.1, -0.05) is 74.7 Å². The standard InChI is InChI=1S/C27H31N3OS2/c1-3-5-6-7-13-20-29-26(31)23(30(27(29)32)21-14-9-8-10-15-21)18-19-25-28(4-2)22-16-11-12-17-24(22)33-25/h8-12,14-19H,3-7,13,20H2,1-2H3. The molecule has 2 heterocycles. The van der Waals surface area contributed by atoms with Gasteiger partial charge >= 0.3 is 0 Å². The first-order chi connectivity index (χ1) is 16.2. The van der Waals surface area contributed by atoms with E-state index in [1.54, 1.807) is 16.7 Å². The Labute approximate surface area is 206 Å². The first-order valence-electron chi connectivity index (χ1n) is 11.8. The van der Waals surface area contributed by atoms with E-state index >= 15 is 0 Å². The highest BCUT2D eigenvalue weighted by atomic mass is 32.2. The van der Waals surface area contributed by atoms with Gasteiger partial charge in [0.1, 0.15) is 5.70 Å². The second-order valence-corrected chi connectivity index (χ2v) is 9.62. The number of anilines is 2. The van der Waals surface area contributed by atoms with Gasteiger partial charge in [0.25, 0.3) is 5.91 Å². The monoisotopic (exact) mass is 477 g/mol. The van der Waals surface area contributed by atoms with Crippen LogP contribution in [0.5, 0.6) is 0 Å². The summed E-state index contributed by atoms with van der Waals surface area (Å²) in [6.45, 7) is 5.90. The van der Waals surface area contributed by atoms with Gasteiger partial charge in [-0.3, -0.25) is 14.6 Å². The van der Waals surface area contributed by atoms with E-state index in [9.17, 15) is 4.79 Å². The number of carbonyl (C=O) groups is 1. The van der Waals surface area contributed by atoms with Gasteiger partial charge < -0.3 is 4.90 Å². The van der Waals surface area contributed by atoms with Crippen LogP contribution < -0.4 is 9.80 Å². The van der Waals surface area contributed by atoms with Crippen LogP contribution in [0.2, 0.25) is 0 Å². The van der Waals surface area contributed by atoms with Gasteiger partial charge in [0, 0.05) is 23.7 Å². The molecule has 0 aliphatic carbocycles. The van der Waals surface area contributed by atoms with Gasteiger partial charge in [-0.05, 0) is 62.0 Å². The summed E-state index contributed by atoms with van der Waals surface area (Å²) < 4.78 is 0. The molecule has 33 heavy (non-hydrogen) atoms. The predicted octanol–water partition coefficient (Wildman–Crippen LogP) is 6.95. The molecule has 0 radical (unpaired) electrons. The lowest BCUT2D eigenvalue weighted by atomic mass is 10.1. The summed E-state index contributed by atoms with van der Waals surface area (Å²) >= 11 is 7.54. The van der Waals surface area contributed by atoms with Crippen LogP contribution in [-0.2, 0) is 4.79 Å². The molecule has 0 bridgehead atoms. The quantitative estimate of drug-likeness (QED) is 0.221. The zero-order valence-corrected chi connectivity index (χ0v) is 21.0. The molecule has 1 fully saturated rings. The summed E-state index contributed by atoms with van der Waals surface area (Å²) in [7, 11) is 0. The van der Waals surface area contributed by atoms with Gasteiger partial charge in [0.05, 0.1) is 10.7 Å². The molecule has 2 aromatic rings. The highest BCUT2D eigenvalue weighted by Gasteiger charge is 2.38. The third kappa shape index (κ3) is 5.02. The lowest BCUT2D eigenvalue weighted by Gasteiger charge is -2.20. The van der Waals surface area contributed by atoms with E-state index in [1.165, 1.54) is 29.8 Å². The van der Waals surface area contributed by atoms with Gasteiger partial charge in [0.15, 0.2) is 5.11 Å². The molecule has 2 aliphatic heterocycles. The van der Waals surface area contributed by atoms with E-state index in [0.717, 1.165) is 30.1 Å². The number of rotatable bonds is 9. The summed E-state index contributed by atoms with van der Waals surface area (Å²) in [6.07, 6.45) is 9.74. The van der Waals surface area contributed by atoms with Crippen LogP contribution in [0, 0.1) is 0 Å². The SMILES string of the molecule is CCCCCCCN1C(=O)C(=CC=C2Sc3ccccc3N2CC)N(c2ccccc2)C1=S. The van der Waals surface area contributed by atoms with Crippen molar-refractivity contribution in [1.82, 2.24) is 4.90 Å². The van der Waals surface area contributed by atoms with Crippen LogP contribution in [0.3, 0.4) is 0 Å². The second-order valence-electron chi connectivity index (χ2n) is 8.20. The van der Waals surface area contributed by atoms with Crippen molar-refractivity contribution in [2.24, 2.45) is 0 Å². The molecule has 0 atom stereocenters. The van der Waals surface area contributed by atoms with Gasteiger partial charge in [-0.2, -0.15) is 0 Å². The van der Waals surface area contributed by atoms with Gasteiger partial charge in [-0.15, -0.1) is 0 Å². The molecule has 2 aromatic carbocycles. The number of amides is 1. The molecule has 1 amide bonds. The number of para-hydroxylation sites is 2. The van der Waals surface area contributed by atoms with E-state index in [4.69, 9.17) is 12.2 Å². The van der Waals surface area contributed by atoms with Gasteiger partial charge in [0.2, 0.25) is 0 Å². The maximum atomic E-state index is 13.5. The molecule has 4 nitrogen and oxygen atoms in total. The van der Waals surface area contributed by atoms with Crippen molar-refractivity contribution in [3.63, 3.8) is 0 Å². The lowest BCUT2D eigenvalue weighted by Crippen LogP contribution is -2.33. The number of carbonyl (C=O) groups excluding carboxylic acids is 1. The van der Waals surface area contributed by atoms with Crippen LogP contribution >= 0.6 is 24.0 Å². The predicted molar refractivity (Wildman–Crippen MR) is 143 cm³/mol. The largest absolute Gasteiger partial charge is 0.335 e. The number of nitrogens with zero attached hydrogens (tertiary/aromatic N) is 3. The molecular formula is C27H31N3OS2. The summed E-state index contributed by atoms with van der Waals surface area (Å²) in [5.74, 6) is -0.0141. The normalized spacial score (nSPS) is 18.2. The molecule has 0 N–H and O–H groups in total. The van der Waals surface area contributed by atoms with Crippen molar-refractivity contribution in [2.45, 2.75) is 50.8 Å². The average molecular weight is 478 g/mol. The van der Waals surface area contributed by atoms with Crippen LogP contribution in [0.1, 0.15) is 46.0 Å². The van der Waals surface area contributed by atoms with Crippen LogP contribution in [0.4, 0.5) is 11.4 Å². The number of hydrogen-bond acceptors (Lipinski definition) is 4. The maximum Gasteiger partial charge on any atom is 0.277 e. The van der Waals surface area contributed by atoms with Crippen molar-refractivity contribution in [3.8, 4) is 0 Å². The van der Waals surface area contributed by atoms with E-state index in [2.05, 4.69) is 49.1 Å². The third-order valence-electron chi connectivity index (χ3n) is 5.96. The Hall–Kier alpha value is -2.57. The minimum atomic E-state index is -0.0141. The second kappa shape index (κ2) is 11.0. The highest BCUT2D eigenvalue weighted by Crippen LogP contribution is 2.45. The lowest BCUT2D eigenvalue weighted by molar-refractivity contribution is -0.122. The Morgan fingerprint density at radius 3 is 2.36 bits per heavy atom. The molecule has 0 unspecified atom stereocenters. The Kier molecular flexibility index (Phi) is 7.89. The van der Waals surface area contributed by atoms with Crippen LogP contribution in [0.25, 0.3) is 0 Å². The van der Waals surface area contributed by atoms with Gasteiger partial charge in [-0.25, -0.2) is 0 Å². The molecule has 4 rings (SSSR count). The first-order valence-corrected chi connectivity index (χ1v) is 13.1. The zero-order valence-electron chi connectivity index (χ0n) is 19.4. The Bertz CT molecular complexity index is 1060. The summed E-state index contributed by atoms with van der Waals surface area (Å²) in [6, 6.07) is 18.4. The fourth-order valence-corrected chi connectivity index (χ4v) is 5.75. The van der Waals surface area contributed by atoms with E-state index in [0.29, 0.717) is 17.4 Å². The average Bonchev–Trinajstić information content (AvgIpc) is 3.32. The molecule has 1 saturated heterocycles. The highest BCUT2D eigenvalue weighted by molar-refractivity contribution is 8.03. The number of unbranched alkanes of at least 4 members (excludes halogenated alkanes) is 4.